The summed E-state index contributed by atoms with van der Waals surface area (Å²) in [7, 11) is 0. The lowest BCUT2D eigenvalue weighted by Crippen LogP contribution is -2.27. The van der Waals surface area contributed by atoms with E-state index in [1.807, 2.05) is 0 Å². The van der Waals surface area contributed by atoms with Gasteiger partial charge >= 0.3 is 0 Å². The Morgan fingerprint density at radius 2 is 1.71 bits per heavy atom. The molecule has 0 N–H and O–H groups in total. The van der Waals surface area contributed by atoms with Gasteiger partial charge in [0.15, 0.2) is 0 Å². The monoisotopic (exact) mass is 238 g/mol. The highest BCUT2D eigenvalue weighted by molar-refractivity contribution is 4.93. The maximum Gasteiger partial charge on any atom is -0.0321 e. The van der Waals surface area contributed by atoms with Crippen molar-refractivity contribution in [1.29, 1.82) is 0 Å². The maximum atomic E-state index is 2.51. The zero-order valence-corrected chi connectivity index (χ0v) is 13.2. The topological polar surface area (TPSA) is 0 Å². The third kappa shape index (κ3) is 3.73. The van der Waals surface area contributed by atoms with Gasteiger partial charge in [0.2, 0.25) is 0 Å². The van der Waals surface area contributed by atoms with Crippen molar-refractivity contribution in [3.05, 3.63) is 0 Å². The summed E-state index contributed by atoms with van der Waals surface area (Å²) in [6.45, 7) is 17.0. The van der Waals surface area contributed by atoms with Crippen molar-refractivity contribution in [3.8, 4) is 0 Å². The van der Waals surface area contributed by atoms with E-state index in [0.29, 0.717) is 5.41 Å². The van der Waals surface area contributed by atoms with Gasteiger partial charge in [0.05, 0.1) is 0 Å². The van der Waals surface area contributed by atoms with E-state index in [4.69, 9.17) is 0 Å². The van der Waals surface area contributed by atoms with Crippen LogP contribution in [-0.2, 0) is 0 Å². The fraction of sp³-hybridized carbons (Fsp3) is 1.00. The van der Waals surface area contributed by atoms with Crippen molar-refractivity contribution in [3.63, 3.8) is 0 Å². The molecule has 0 heterocycles. The zero-order valence-electron chi connectivity index (χ0n) is 13.2. The van der Waals surface area contributed by atoms with Crippen LogP contribution in [0.1, 0.15) is 74.1 Å². The van der Waals surface area contributed by atoms with E-state index < -0.39 is 0 Å². The quantitative estimate of drug-likeness (QED) is 0.570. The van der Waals surface area contributed by atoms with Gasteiger partial charge < -0.3 is 0 Å². The van der Waals surface area contributed by atoms with Crippen LogP contribution in [-0.4, -0.2) is 0 Å². The Kier molecular flexibility index (Phi) is 5.10. The van der Waals surface area contributed by atoms with E-state index in [-0.39, 0.29) is 0 Å². The van der Waals surface area contributed by atoms with Crippen molar-refractivity contribution in [2.24, 2.45) is 35.0 Å². The fourth-order valence-electron chi connectivity index (χ4n) is 4.20. The molecule has 0 radical (unpaired) electrons. The molecule has 102 valence electrons. The normalized spacial score (nSPS) is 31.8. The van der Waals surface area contributed by atoms with Crippen molar-refractivity contribution < 1.29 is 0 Å². The van der Waals surface area contributed by atoms with E-state index in [0.717, 1.165) is 29.6 Å². The molecule has 1 rings (SSSR count). The van der Waals surface area contributed by atoms with Crippen molar-refractivity contribution in [1.82, 2.24) is 0 Å². The second kappa shape index (κ2) is 5.76. The lowest BCUT2D eigenvalue weighted by atomic mass is 9.70. The number of hydrogen-bond donors (Lipinski definition) is 0. The minimum absolute atomic E-state index is 0.572. The zero-order chi connectivity index (χ0) is 13.2. The summed E-state index contributed by atoms with van der Waals surface area (Å²) in [5, 5.41) is 0. The van der Waals surface area contributed by atoms with Crippen LogP contribution >= 0.6 is 0 Å². The summed E-state index contributed by atoms with van der Waals surface area (Å²) in [6.07, 6.45) is 5.71. The molecule has 17 heavy (non-hydrogen) atoms. The molecular weight excluding hydrogens is 204 g/mol. The Morgan fingerprint density at radius 1 is 1.12 bits per heavy atom. The SMILES string of the molecule is CCC(C)C(C)C1CC(CC(C)C)CC1(C)C. The first-order valence-corrected chi connectivity index (χ1v) is 7.77. The molecule has 1 fully saturated rings. The van der Waals surface area contributed by atoms with Crippen LogP contribution in [0.2, 0.25) is 0 Å². The van der Waals surface area contributed by atoms with Gasteiger partial charge in [0.1, 0.15) is 0 Å². The highest BCUT2D eigenvalue weighted by Gasteiger charge is 2.43. The molecule has 4 atom stereocenters. The van der Waals surface area contributed by atoms with Crippen molar-refractivity contribution in [2.45, 2.75) is 74.1 Å². The van der Waals surface area contributed by atoms with Gasteiger partial charge in [0.25, 0.3) is 0 Å². The summed E-state index contributed by atoms with van der Waals surface area (Å²) in [6, 6.07) is 0. The molecule has 1 saturated carbocycles. The van der Waals surface area contributed by atoms with Crippen molar-refractivity contribution in [2.75, 3.05) is 0 Å². The third-order valence-corrected chi connectivity index (χ3v) is 5.39. The molecule has 0 aromatic carbocycles. The van der Waals surface area contributed by atoms with Crippen LogP contribution in [0, 0.1) is 35.0 Å². The van der Waals surface area contributed by atoms with Crippen LogP contribution < -0.4 is 0 Å². The molecule has 0 spiro atoms. The summed E-state index contributed by atoms with van der Waals surface area (Å²) in [4.78, 5) is 0. The Bertz CT molecular complexity index is 226. The fourth-order valence-corrected chi connectivity index (χ4v) is 4.20. The summed E-state index contributed by atoms with van der Waals surface area (Å²) in [5.74, 6) is 4.58. The predicted octanol–water partition coefficient (Wildman–Crippen LogP) is 5.77. The molecule has 1 aliphatic rings. The van der Waals surface area contributed by atoms with Crippen LogP contribution in [0.3, 0.4) is 0 Å². The Balaban J connectivity index is 2.66. The first-order chi connectivity index (χ1) is 7.77. The molecule has 0 saturated heterocycles. The minimum Gasteiger partial charge on any atom is -0.0651 e. The van der Waals surface area contributed by atoms with Gasteiger partial charge in [0, 0.05) is 0 Å². The number of hydrogen-bond acceptors (Lipinski definition) is 0. The summed E-state index contributed by atoms with van der Waals surface area (Å²) in [5.41, 5.74) is 0.572. The highest BCUT2D eigenvalue weighted by Crippen LogP contribution is 2.52. The minimum atomic E-state index is 0.572. The molecule has 1 aliphatic carbocycles. The predicted molar refractivity (Wildman–Crippen MR) is 78.1 cm³/mol. The maximum absolute atomic E-state index is 2.51. The molecule has 0 heteroatoms. The average Bonchev–Trinajstić information content (AvgIpc) is 2.50. The van der Waals surface area contributed by atoms with Crippen LogP contribution in [0.5, 0.6) is 0 Å². The molecule has 0 aromatic heterocycles. The third-order valence-electron chi connectivity index (χ3n) is 5.39. The van der Waals surface area contributed by atoms with Crippen LogP contribution in [0.25, 0.3) is 0 Å². The Labute approximate surface area is 110 Å². The van der Waals surface area contributed by atoms with Gasteiger partial charge in [-0.2, -0.15) is 0 Å². The Hall–Kier alpha value is 0. The molecule has 0 amide bonds. The van der Waals surface area contributed by atoms with Gasteiger partial charge in [-0.05, 0) is 54.3 Å². The van der Waals surface area contributed by atoms with E-state index in [1.165, 1.54) is 25.7 Å². The molecule has 0 aromatic rings. The van der Waals surface area contributed by atoms with Gasteiger partial charge in [-0.15, -0.1) is 0 Å². The van der Waals surface area contributed by atoms with Gasteiger partial charge in [-0.1, -0.05) is 54.9 Å². The molecule has 4 unspecified atom stereocenters. The van der Waals surface area contributed by atoms with E-state index in [1.54, 1.807) is 0 Å². The second-order valence-electron chi connectivity index (χ2n) is 7.78. The summed E-state index contributed by atoms with van der Waals surface area (Å²) < 4.78 is 0. The first-order valence-electron chi connectivity index (χ1n) is 7.77. The van der Waals surface area contributed by atoms with Crippen LogP contribution in [0.4, 0.5) is 0 Å². The largest absolute Gasteiger partial charge is 0.0651 e. The molecular formula is C17H34. The second-order valence-corrected chi connectivity index (χ2v) is 7.78. The van der Waals surface area contributed by atoms with Crippen molar-refractivity contribution >= 4 is 0 Å². The number of rotatable bonds is 5. The smallest absolute Gasteiger partial charge is 0.0321 e. The van der Waals surface area contributed by atoms with E-state index in [2.05, 4.69) is 48.5 Å². The average molecular weight is 238 g/mol. The van der Waals surface area contributed by atoms with E-state index in [9.17, 15) is 0 Å². The van der Waals surface area contributed by atoms with Crippen LogP contribution in [0.15, 0.2) is 0 Å². The Morgan fingerprint density at radius 3 is 2.18 bits per heavy atom. The molecule has 0 bridgehead atoms. The lowest BCUT2D eigenvalue weighted by Gasteiger charge is -2.35. The van der Waals surface area contributed by atoms with E-state index >= 15 is 0 Å². The molecule has 0 aliphatic heterocycles. The summed E-state index contributed by atoms with van der Waals surface area (Å²) >= 11 is 0. The van der Waals surface area contributed by atoms with Gasteiger partial charge in [-0.3, -0.25) is 0 Å². The van der Waals surface area contributed by atoms with Gasteiger partial charge in [-0.25, -0.2) is 0 Å². The first kappa shape index (κ1) is 15.1. The highest BCUT2D eigenvalue weighted by atomic mass is 14.5. The molecule has 0 nitrogen and oxygen atoms in total. The lowest BCUT2D eigenvalue weighted by molar-refractivity contribution is 0.143. The standard InChI is InChI=1S/C17H34/c1-8-13(4)14(5)16-10-15(9-12(2)3)11-17(16,6)7/h12-16H,8-11H2,1-7H3.